The van der Waals surface area contributed by atoms with E-state index in [1.165, 1.54) is 4.70 Å². The normalized spacial score (nSPS) is 14.1. The van der Waals surface area contributed by atoms with Gasteiger partial charge in [-0.3, -0.25) is 0 Å². The monoisotopic (exact) mass is 665 g/mol. The minimum atomic E-state index is -0.533. The predicted molar refractivity (Wildman–Crippen MR) is 209 cm³/mol. The molecule has 234 valence electrons. The van der Waals surface area contributed by atoms with Crippen molar-refractivity contribution in [2.45, 2.75) is 0 Å². The quantitative estimate of drug-likeness (QED) is 0.184. The lowest BCUT2D eigenvalue weighted by molar-refractivity contribution is 1.07. The van der Waals surface area contributed by atoms with Gasteiger partial charge in [0.25, 0.3) is 0 Å². The van der Waals surface area contributed by atoms with Crippen LogP contribution in [0.1, 0.15) is 12.3 Å². The fourth-order valence-corrected chi connectivity index (χ4v) is 7.71. The van der Waals surface area contributed by atoms with Crippen LogP contribution >= 0.6 is 11.3 Å². The number of aromatic nitrogens is 4. The third-order valence-electron chi connectivity index (χ3n) is 8.86. The number of nitrogens with zero attached hydrogens (tertiary/aromatic N) is 4. The highest BCUT2D eigenvalue weighted by Crippen LogP contribution is 2.40. The summed E-state index contributed by atoms with van der Waals surface area (Å²) in [6.45, 7) is 0. The summed E-state index contributed by atoms with van der Waals surface area (Å²) in [6.07, 6.45) is 0. The number of rotatable bonds is 5. The van der Waals surface area contributed by atoms with E-state index in [0.717, 1.165) is 26.6 Å². The Morgan fingerprint density at radius 3 is 2.00 bits per heavy atom. The fraction of sp³-hybridized carbons (Fsp3) is 0. The Kier molecular flexibility index (Phi) is 4.84. The Hall–Kier alpha value is -6.43. The molecule has 0 saturated heterocycles. The first-order chi connectivity index (χ1) is 28.5. The zero-order valence-corrected chi connectivity index (χ0v) is 27.0. The van der Waals surface area contributed by atoms with Gasteiger partial charge in [-0.2, -0.15) is 0 Å². The van der Waals surface area contributed by atoms with Gasteiger partial charge >= 0.3 is 0 Å². The number of hydrogen-bond acceptors (Lipinski definition) is 4. The van der Waals surface area contributed by atoms with E-state index in [4.69, 9.17) is 27.3 Å². The van der Waals surface area contributed by atoms with Gasteiger partial charge in [0.15, 0.2) is 17.5 Å². The lowest BCUT2D eigenvalue weighted by Crippen LogP contribution is -2.01. The SMILES string of the molecule is [2H]c1c([2H])c([2H])c(-c2cccc3c2c2c([2H])c([2H])c([2H])c([2H])c2n3-c2cccc(-c3nc(-c4ccccc4)nc(-c4ccc5sc6ccccc6c5c4)n3)c2)c([2H])c1[2H]. The minimum absolute atomic E-state index is 0.0680. The third kappa shape index (κ3) is 4.71. The van der Waals surface area contributed by atoms with E-state index < -0.39 is 42.3 Å². The van der Waals surface area contributed by atoms with Gasteiger partial charge in [-0.05, 0) is 59.6 Å². The number of benzene rings is 7. The summed E-state index contributed by atoms with van der Waals surface area (Å²) < 4.78 is 82.2. The molecule has 10 aromatic rings. The number of para-hydroxylation sites is 1. The molecule has 3 aromatic heterocycles. The van der Waals surface area contributed by atoms with Crippen LogP contribution in [0.3, 0.4) is 0 Å². The van der Waals surface area contributed by atoms with Crippen molar-refractivity contribution in [3.63, 3.8) is 0 Å². The zero-order valence-electron chi connectivity index (χ0n) is 35.2. The number of hydrogen-bond donors (Lipinski definition) is 0. The first kappa shape index (κ1) is 20.8. The molecule has 0 aliphatic rings. The Labute approximate surface area is 305 Å². The van der Waals surface area contributed by atoms with E-state index in [0.29, 0.717) is 39.6 Å². The summed E-state index contributed by atoms with van der Waals surface area (Å²) >= 11 is 1.73. The molecule has 0 saturated carbocycles. The molecule has 0 bridgehead atoms. The average Bonchev–Trinajstić information content (AvgIpc) is 3.83. The van der Waals surface area contributed by atoms with Gasteiger partial charge in [0.1, 0.15) is 0 Å². The molecule has 0 aliphatic heterocycles. The summed E-state index contributed by atoms with van der Waals surface area (Å²) in [5.41, 5.74) is 3.55. The van der Waals surface area contributed by atoms with E-state index in [-0.39, 0.29) is 34.1 Å². The highest BCUT2D eigenvalue weighted by atomic mass is 32.1. The van der Waals surface area contributed by atoms with Crippen molar-refractivity contribution >= 4 is 53.3 Å². The van der Waals surface area contributed by atoms with Crippen LogP contribution in [0.5, 0.6) is 0 Å². The lowest BCUT2D eigenvalue weighted by atomic mass is 9.99. The van der Waals surface area contributed by atoms with E-state index in [9.17, 15) is 0 Å². The number of fused-ring (bicyclic) bond motifs is 6. The molecule has 5 heteroatoms. The van der Waals surface area contributed by atoms with Crippen LogP contribution in [-0.2, 0) is 0 Å². The molecular weight excluding hydrogens is 629 g/mol. The molecule has 0 unspecified atom stereocenters. The molecule has 0 amide bonds. The highest BCUT2D eigenvalue weighted by Gasteiger charge is 2.18. The maximum Gasteiger partial charge on any atom is 0.164 e. The first-order valence-corrected chi connectivity index (χ1v) is 16.8. The topological polar surface area (TPSA) is 43.6 Å². The second-order valence-electron chi connectivity index (χ2n) is 11.8. The summed E-state index contributed by atoms with van der Waals surface area (Å²) in [5.74, 6) is 1.33. The first-order valence-electron chi connectivity index (χ1n) is 20.5. The Morgan fingerprint density at radius 2 is 1.14 bits per heavy atom. The van der Waals surface area contributed by atoms with Gasteiger partial charge in [-0.15, -0.1) is 11.3 Å². The molecule has 0 atom stereocenters. The molecule has 4 nitrogen and oxygen atoms in total. The predicted octanol–water partition coefficient (Wildman–Crippen LogP) is 12.0. The molecular formula is C45H28N4S. The highest BCUT2D eigenvalue weighted by molar-refractivity contribution is 7.25. The van der Waals surface area contributed by atoms with Crippen LogP contribution in [0.2, 0.25) is 0 Å². The van der Waals surface area contributed by atoms with Gasteiger partial charge < -0.3 is 4.57 Å². The van der Waals surface area contributed by atoms with Gasteiger partial charge in [0.2, 0.25) is 0 Å². The van der Waals surface area contributed by atoms with Crippen LogP contribution in [-0.4, -0.2) is 19.5 Å². The van der Waals surface area contributed by atoms with Crippen molar-refractivity contribution in [2.75, 3.05) is 0 Å². The minimum Gasteiger partial charge on any atom is -0.309 e. The molecule has 0 spiro atoms. The maximum absolute atomic E-state index is 9.16. The Morgan fingerprint density at radius 1 is 0.460 bits per heavy atom. The second kappa shape index (κ2) is 11.6. The van der Waals surface area contributed by atoms with Gasteiger partial charge in [-0.25, -0.2) is 15.0 Å². The molecule has 10 rings (SSSR count). The van der Waals surface area contributed by atoms with Crippen molar-refractivity contribution in [3.8, 4) is 51.0 Å². The Bertz CT molecular complexity index is 3370. The standard InChI is InChI=1S/C45H28N4S/c1-3-13-29(14-4-1)34-21-12-23-39-42(34)36-20-7-9-22-38(36)49(39)33-18-11-17-31(27-33)44-46-43(30-15-5-2-6-16-30)47-45(48-44)32-25-26-41-37(28-32)35-19-8-10-24-40(35)50-41/h1-28H/i1D,3D,4D,7D,9D,13D,14D,20D,22D. The van der Waals surface area contributed by atoms with Gasteiger partial charge in [0, 0.05) is 53.3 Å². The molecule has 7 aromatic carbocycles. The molecule has 0 N–H and O–H groups in total. The maximum atomic E-state index is 9.16. The Balaban J connectivity index is 1.22. The van der Waals surface area contributed by atoms with Crippen LogP contribution < -0.4 is 0 Å². The third-order valence-corrected chi connectivity index (χ3v) is 10.0. The van der Waals surface area contributed by atoms with Crippen LogP contribution in [0.25, 0.3) is 93.0 Å². The summed E-state index contributed by atoms with van der Waals surface area (Å²) in [6, 6.07) is 32.7. The van der Waals surface area contributed by atoms with E-state index in [2.05, 4.69) is 24.3 Å². The number of thiophene rings is 1. The molecule has 50 heavy (non-hydrogen) atoms. The van der Waals surface area contributed by atoms with E-state index in [1.807, 2.05) is 72.8 Å². The molecule has 0 aliphatic carbocycles. The largest absolute Gasteiger partial charge is 0.309 e. The van der Waals surface area contributed by atoms with E-state index in [1.54, 1.807) is 34.1 Å². The van der Waals surface area contributed by atoms with Gasteiger partial charge in [0.05, 0.1) is 23.4 Å². The smallest absolute Gasteiger partial charge is 0.164 e. The fourth-order valence-electron chi connectivity index (χ4n) is 6.63. The van der Waals surface area contributed by atoms with Crippen LogP contribution in [0, 0.1) is 0 Å². The molecule has 0 fully saturated rings. The lowest BCUT2D eigenvalue weighted by Gasteiger charge is -2.12. The van der Waals surface area contributed by atoms with E-state index >= 15 is 0 Å². The van der Waals surface area contributed by atoms with Crippen molar-refractivity contribution in [1.82, 2.24) is 19.5 Å². The molecule has 3 heterocycles. The van der Waals surface area contributed by atoms with Gasteiger partial charge in [-0.1, -0.05) is 121 Å². The average molecular weight is 666 g/mol. The van der Waals surface area contributed by atoms with Crippen molar-refractivity contribution < 1.29 is 12.3 Å². The van der Waals surface area contributed by atoms with Crippen LogP contribution in [0.15, 0.2) is 170 Å². The second-order valence-corrected chi connectivity index (χ2v) is 12.9. The van der Waals surface area contributed by atoms with Crippen molar-refractivity contribution in [2.24, 2.45) is 0 Å². The molecule has 0 radical (unpaired) electrons. The van der Waals surface area contributed by atoms with Crippen LogP contribution in [0.4, 0.5) is 0 Å². The zero-order chi connectivity index (χ0) is 40.9. The van der Waals surface area contributed by atoms with Crippen molar-refractivity contribution in [1.29, 1.82) is 0 Å². The summed E-state index contributed by atoms with van der Waals surface area (Å²) in [7, 11) is 0. The van der Waals surface area contributed by atoms with Crippen molar-refractivity contribution in [3.05, 3.63) is 170 Å². The summed E-state index contributed by atoms with van der Waals surface area (Å²) in [4.78, 5) is 14.9. The summed E-state index contributed by atoms with van der Waals surface area (Å²) in [5, 5.41) is 2.73.